The van der Waals surface area contributed by atoms with E-state index < -0.39 is 0 Å². The van der Waals surface area contributed by atoms with E-state index in [1.165, 1.54) is 5.56 Å². The minimum absolute atomic E-state index is 0.244. The SMILES string of the molecule is CCN1CCC(CC(=O)N2CC[C@@H]2c2cccc(OC)c2)CC1. The molecular weight excluding hydrogens is 288 g/mol. The zero-order chi connectivity index (χ0) is 16.2. The number of likely N-dealkylation sites (tertiary alicyclic amines) is 2. The van der Waals surface area contributed by atoms with Gasteiger partial charge in [0.05, 0.1) is 13.2 Å². The van der Waals surface area contributed by atoms with Crippen molar-refractivity contribution in [3.8, 4) is 5.75 Å². The number of rotatable bonds is 5. The molecule has 2 heterocycles. The summed E-state index contributed by atoms with van der Waals surface area (Å²) in [5, 5.41) is 0. The van der Waals surface area contributed by atoms with Crippen LogP contribution in [0.1, 0.15) is 44.2 Å². The number of carbonyl (C=O) groups is 1. The summed E-state index contributed by atoms with van der Waals surface area (Å²) in [6.45, 7) is 6.53. The summed E-state index contributed by atoms with van der Waals surface area (Å²) in [7, 11) is 1.69. The van der Waals surface area contributed by atoms with Crippen LogP contribution in [0.25, 0.3) is 0 Å². The molecule has 2 saturated heterocycles. The van der Waals surface area contributed by atoms with Gasteiger partial charge >= 0.3 is 0 Å². The van der Waals surface area contributed by atoms with Crippen LogP contribution in [0, 0.1) is 5.92 Å². The molecule has 1 aromatic rings. The van der Waals surface area contributed by atoms with E-state index in [2.05, 4.69) is 28.9 Å². The van der Waals surface area contributed by atoms with Crippen molar-refractivity contribution in [3.63, 3.8) is 0 Å². The number of hydrogen-bond acceptors (Lipinski definition) is 3. The van der Waals surface area contributed by atoms with Crippen LogP contribution >= 0.6 is 0 Å². The van der Waals surface area contributed by atoms with Gasteiger partial charge in [0, 0.05) is 13.0 Å². The van der Waals surface area contributed by atoms with Gasteiger partial charge in [-0.25, -0.2) is 0 Å². The Labute approximate surface area is 139 Å². The van der Waals surface area contributed by atoms with E-state index in [9.17, 15) is 4.79 Å². The molecule has 0 unspecified atom stereocenters. The van der Waals surface area contributed by atoms with Crippen LogP contribution in [0.4, 0.5) is 0 Å². The molecule has 0 aliphatic carbocycles. The second-order valence-corrected chi connectivity index (χ2v) is 6.75. The highest BCUT2D eigenvalue weighted by Crippen LogP contribution is 2.36. The number of amides is 1. The molecule has 0 saturated carbocycles. The number of hydrogen-bond donors (Lipinski definition) is 0. The standard InChI is InChI=1S/C19H28N2O2/c1-3-20-10-7-15(8-11-20)13-19(22)21-12-9-18(21)16-5-4-6-17(14-16)23-2/h4-6,14-15,18H,3,7-13H2,1-2H3/t18-/m1/s1. The second kappa shape index (κ2) is 7.35. The lowest BCUT2D eigenvalue weighted by Gasteiger charge is -2.42. The first-order chi connectivity index (χ1) is 11.2. The first-order valence-electron chi connectivity index (χ1n) is 8.87. The molecule has 4 heteroatoms. The van der Waals surface area contributed by atoms with Crippen LogP contribution < -0.4 is 4.74 Å². The minimum Gasteiger partial charge on any atom is -0.497 e. The minimum atomic E-state index is 0.244. The van der Waals surface area contributed by atoms with E-state index >= 15 is 0 Å². The van der Waals surface area contributed by atoms with Crippen molar-refractivity contribution in [2.75, 3.05) is 33.3 Å². The molecule has 2 aliphatic rings. The fourth-order valence-corrected chi connectivity index (χ4v) is 3.75. The quantitative estimate of drug-likeness (QED) is 0.837. The Morgan fingerprint density at radius 2 is 2.00 bits per heavy atom. The van der Waals surface area contributed by atoms with Gasteiger partial charge in [-0.3, -0.25) is 4.79 Å². The Balaban J connectivity index is 1.55. The number of ether oxygens (including phenoxy) is 1. The van der Waals surface area contributed by atoms with E-state index in [1.807, 2.05) is 12.1 Å². The average Bonchev–Trinajstić information content (AvgIpc) is 2.54. The van der Waals surface area contributed by atoms with E-state index in [4.69, 9.17) is 4.74 Å². The average molecular weight is 316 g/mol. The van der Waals surface area contributed by atoms with Crippen molar-refractivity contribution in [2.24, 2.45) is 5.92 Å². The number of nitrogens with zero attached hydrogens (tertiary/aromatic N) is 2. The highest BCUT2D eigenvalue weighted by atomic mass is 16.5. The van der Waals surface area contributed by atoms with Crippen LogP contribution in [0.3, 0.4) is 0 Å². The number of methoxy groups -OCH3 is 1. The molecule has 1 amide bonds. The van der Waals surface area contributed by atoms with Crippen LogP contribution in [0.5, 0.6) is 5.75 Å². The molecule has 126 valence electrons. The maximum absolute atomic E-state index is 12.7. The van der Waals surface area contributed by atoms with Gasteiger partial charge in [-0.05, 0) is 62.5 Å². The fraction of sp³-hybridized carbons (Fsp3) is 0.632. The maximum Gasteiger partial charge on any atom is 0.223 e. The molecule has 0 radical (unpaired) electrons. The van der Waals surface area contributed by atoms with Gasteiger partial charge in [0.1, 0.15) is 5.75 Å². The van der Waals surface area contributed by atoms with Gasteiger partial charge in [-0.1, -0.05) is 19.1 Å². The third-order valence-corrected chi connectivity index (χ3v) is 5.44. The Morgan fingerprint density at radius 3 is 2.61 bits per heavy atom. The molecule has 0 aromatic heterocycles. The van der Waals surface area contributed by atoms with Crippen molar-refractivity contribution in [1.29, 1.82) is 0 Å². The van der Waals surface area contributed by atoms with Gasteiger partial charge in [0.2, 0.25) is 5.91 Å². The second-order valence-electron chi connectivity index (χ2n) is 6.75. The largest absolute Gasteiger partial charge is 0.497 e. The van der Waals surface area contributed by atoms with Crippen LogP contribution in [0.15, 0.2) is 24.3 Å². The van der Waals surface area contributed by atoms with E-state index in [1.54, 1.807) is 7.11 Å². The van der Waals surface area contributed by atoms with E-state index in [0.717, 1.165) is 57.6 Å². The van der Waals surface area contributed by atoms with Crippen molar-refractivity contribution >= 4 is 5.91 Å². The van der Waals surface area contributed by atoms with Gasteiger partial charge in [-0.15, -0.1) is 0 Å². The van der Waals surface area contributed by atoms with Crippen molar-refractivity contribution in [3.05, 3.63) is 29.8 Å². The van der Waals surface area contributed by atoms with Gasteiger partial charge < -0.3 is 14.5 Å². The normalized spacial score (nSPS) is 22.7. The fourth-order valence-electron chi connectivity index (χ4n) is 3.75. The van der Waals surface area contributed by atoms with Crippen LogP contribution in [-0.2, 0) is 4.79 Å². The Kier molecular flexibility index (Phi) is 5.21. The molecule has 0 N–H and O–H groups in total. The zero-order valence-electron chi connectivity index (χ0n) is 14.3. The lowest BCUT2D eigenvalue weighted by Crippen LogP contribution is -2.46. The molecular formula is C19H28N2O2. The van der Waals surface area contributed by atoms with Crippen molar-refractivity contribution in [1.82, 2.24) is 9.80 Å². The Hall–Kier alpha value is -1.55. The van der Waals surface area contributed by atoms with Gasteiger partial charge in [0.25, 0.3) is 0 Å². The third kappa shape index (κ3) is 3.69. The highest BCUT2D eigenvalue weighted by Gasteiger charge is 2.34. The number of carbonyl (C=O) groups excluding carboxylic acids is 1. The Bertz CT molecular complexity index is 538. The van der Waals surface area contributed by atoms with Gasteiger partial charge in [-0.2, -0.15) is 0 Å². The zero-order valence-corrected chi connectivity index (χ0v) is 14.3. The predicted molar refractivity (Wildman–Crippen MR) is 91.5 cm³/mol. The van der Waals surface area contributed by atoms with Crippen molar-refractivity contribution < 1.29 is 9.53 Å². The number of benzene rings is 1. The molecule has 0 bridgehead atoms. The lowest BCUT2D eigenvalue weighted by molar-refractivity contribution is -0.140. The van der Waals surface area contributed by atoms with E-state index in [-0.39, 0.29) is 6.04 Å². The molecule has 1 atom stereocenters. The molecule has 23 heavy (non-hydrogen) atoms. The summed E-state index contributed by atoms with van der Waals surface area (Å²) < 4.78 is 5.30. The summed E-state index contributed by atoms with van der Waals surface area (Å²) in [6, 6.07) is 8.37. The maximum atomic E-state index is 12.7. The molecule has 3 rings (SSSR count). The molecule has 0 spiro atoms. The summed E-state index contributed by atoms with van der Waals surface area (Å²) in [4.78, 5) is 17.2. The molecule has 1 aromatic carbocycles. The summed E-state index contributed by atoms with van der Waals surface area (Å²) in [5.74, 6) is 1.77. The van der Waals surface area contributed by atoms with Crippen LogP contribution in [0.2, 0.25) is 0 Å². The van der Waals surface area contributed by atoms with Crippen molar-refractivity contribution in [2.45, 2.75) is 38.6 Å². The lowest BCUT2D eigenvalue weighted by atomic mass is 9.89. The van der Waals surface area contributed by atoms with E-state index in [0.29, 0.717) is 11.8 Å². The summed E-state index contributed by atoms with van der Waals surface area (Å²) in [6.07, 6.45) is 4.11. The first-order valence-corrected chi connectivity index (χ1v) is 8.87. The highest BCUT2D eigenvalue weighted by molar-refractivity contribution is 5.78. The Morgan fingerprint density at radius 1 is 1.22 bits per heavy atom. The molecule has 4 nitrogen and oxygen atoms in total. The first kappa shape index (κ1) is 16.3. The third-order valence-electron chi connectivity index (χ3n) is 5.44. The molecule has 2 fully saturated rings. The smallest absolute Gasteiger partial charge is 0.223 e. The predicted octanol–water partition coefficient (Wildman–Crippen LogP) is 3.09. The topological polar surface area (TPSA) is 32.8 Å². The monoisotopic (exact) mass is 316 g/mol. The van der Waals surface area contributed by atoms with Crippen LogP contribution in [-0.4, -0.2) is 49.0 Å². The summed E-state index contributed by atoms with van der Waals surface area (Å²) >= 11 is 0. The number of piperidine rings is 1. The molecule has 2 aliphatic heterocycles. The van der Waals surface area contributed by atoms with Gasteiger partial charge in [0.15, 0.2) is 0 Å². The summed E-state index contributed by atoms with van der Waals surface area (Å²) in [5.41, 5.74) is 1.20.